The maximum atomic E-state index is 12.5. The quantitative estimate of drug-likeness (QED) is 0.688. The van der Waals surface area contributed by atoms with Crippen LogP contribution >= 0.6 is 0 Å². The molecule has 2 aliphatic carbocycles. The SMILES string of the molecule is CC(C)(C)O[C@H]1[C@]23CC=CC[C@]2(CC3)CS1(=O)=O. The fraction of sp³-hybridized carbons (Fsp3) is 0.857. The number of hydrogen-bond donors (Lipinski definition) is 0. The van der Waals surface area contributed by atoms with Gasteiger partial charge in [-0.25, -0.2) is 8.42 Å². The van der Waals surface area contributed by atoms with Gasteiger partial charge >= 0.3 is 0 Å². The molecule has 0 aromatic rings. The third-order valence-electron chi connectivity index (χ3n) is 4.98. The molecule has 18 heavy (non-hydrogen) atoms. The fourth-order valence-corrected chi connectivity index (χ4v) is 7.13. The highest BCUT2D eigenvalue weighted by Crippen LogP contribution is 2.70. The van der Waals surface area contributed by atoms with E-state index in [4.69, 9.17) is 4.74 Å². The molecule has 4 heteroatoms. The number of rotatable bonds is 1. The number of hydrogen-bond acceptors (Lipinski definition) is 3. The Morgan fingerprint density at radius 1 is 1.17 bits per heavy atom. The van der Waals surface area contributed by atoms with Crippen molar-refractivity contribution in [3.8, 4) is 0 Å². The molecule has 1 aliphatic heterocycles. The summed E-state index contributed by atoms with van der Waals surface area (Å²) >= 11 is 0. The van der Waals surface area contributed by atoms with Gasteiger partial charge in [-0.15, -0.1) is 0 Å². The molecule has 0 aromatic carbocycles. The summed E-state index contributed by atoms with van der Waals surface area (Å²) < 4.78 is 31.0. The minimum absolute atomic E-state index is 0.0174. The van der Waals surface area contributed by atoms with Crippen LogP contribution in [0.3, 0.4) is 0 Å². The van der Waals surface area contributed by atoms with Gasteiger partial charge in [-0.2, -0.15) is 0 Å². The van der Waals surface area contributed by atoms with Gasteiger partial charge in [0.25, 0.3) is 0 Å². The zero-order valence-electron chi connectivity index (χ0n) is 11.4. The molecule has 3 aliphatic rings. The summed E-state index contributed by atoms with van der Waals surface area (Å²) in [6.07, 6.45) is 8.13. The van der Waals surface area contributed by atoms with Crippen molar-refractivity contribution in [1.29, 1.82) is 0 Å². The van der Waals surface area contributed by atoms with Crippen LogP contribution in [0.25, 0.3) is 0 Å². The van der Waals surface area contributed by atoms with Gasteiger partial charge in [0.15, 0.2) is 15.3 Å². The molecule has 2 fully saturated rings. The van der Waals surface area contributed by atoms with Crippen LogP contribution in [0.4, 0.5) is 0 Å². The highest BCUT2D eigenvalue weighted by Gasteiger charge is 2.72. The first-order valence-corrected chi connectivity index (χ1v) is 8.47. The van der Waals surface area contributed by atoms with Crippen LogP contribution in [0, 0.1) is 10.8 Å². The van der Waals surface area contributed by atoms with Crippen molar-refractivity contribution in [2.24, 2.45) is 10.8 Å². The summed E-state index contributed by atoms with van der Waals surface area (Å²) in [5.74, 6) is 0.324. The van der Waals surface area contributed by atoms with Crippen molar-refractivity contribution in [2.45, 2.75) is 57.5 Å². The smallest absolute Gasteiger partial charge is 0.178 e. The van der Waals surface area contributed by atoms with E-state index >= 15 is 0 Å². The highest BCUT2D eigenvalue weighted by molar-refractivity contribution is 7.92. The number of allylic oxidation sites excluding steroid dienone is 2. The van der Waals surface area contributed by atoms with Crippen LogP contribution in [0.2, 0.25) is 0 Å². The van der Waals surface area contributed by atoms with Gasteiger partial charge in [0.1, 0.15) is 0 Å². The largest absolute Gasteiger partial charge is 0.356 e. The predicted octanol–water partition coefficient (Wildman–Crippen LogP) is 2.67. The molecule has 0 N–H and O–H groups in total. The third kappa shape index (κ3) is 1.48. The molecule has 0 unspecified atom stereocenters. The van der Waals surface area contributed by atoms with Gasteiger partial charge in [-0.05, 0) is 51.9 Å². The maximum absolute atomic E-state index is 12.5. The van der Waals surface area contributed by atoms with E-state index in [1.54, 1.807) is 0 Å². The summed E-state index contributed by atoms with van der Waals surface area (Å²) in [6, 6.07) is 0. The second kappa shape index (κ2) is 3.40. The van der Waals surface area contributed by atoms with Crippen LogP contribution in [0.5, 0.6) is 0 Å². The second-order valence-corrected chi connectivity index (χ2v) is 9.23. The molecule has 3 nitrogen and oxygen atoms in total. The Kier molecular flexibility index (Phi) is 2.39. The van der Waals surface area contributed by atoms with Gasteiger partial charge < -0.3 is 4.74 Å². The molecule has 1 saturated carbocycles. The minimum Gasteiger partial charge on any atom is -0.356 e. The van der Waals surface area contributed by atoms with Crippen LogP contribution < -0.4 is 0 Å². The summed E-state index contributed by atoms with van der Waals surface area (Å²) in [6.45, 7) is 5.82. The lowest BCUT2D eigenvalue weighted by Gasteiger charge is -2.58. The molecule has 0 amide bonds. The molecule has 0 aromatic heterocycles. The molecule has 0 bridgehead atoms. The van der Waals surface area contributed by atoms with Crippen LogP contribution in [-0.4, -0.2) is 25.2 Å². The number of ether oxygens (including phenoxy) is 1. The Bertz CT molecular complexity index is 500. The fourth-order valence-electron chi connectivity index (χ4n) is 4.08. The van der Waals surface area contributed by atoms with Crippen molar-refractivity contribution in [3.63, 3.8) is 0 Å². The van der Waals surface area contributed by atoms with Gasteiger partial charge in [-0.3, -0.25) is 0 Å². The van der Waals surface area contributed by atoms with Crippen LogP contribution in [-0.2, 0) is 14.6 Å². The van der Waals surface area contributed by atoms with E-state index in [1.165, 1.54) is 0 Å². The molecule has 0 spiro atoms. The zero-order valence-corrected chi connectivity index (χ0v) is 12.2. The van der Waals surface area contributed by atoms with Crippen LogP contribution in [0.1, 0.15) is 46.5 Å². The zero-order chi connectivity index (χ0) is 13.2. The minimum atomic E-state index is -3.12. The first-order chi connectivity index (χ1) is 8.21. The molecule has 0 radical (unpaired) electrons. The summed E-state index contributed by atoms with van der Waals surface area (Å²) in [5, 5.41) is 0. The molecular formula is C14H22O3S. The topological polar surface area (TPSA) is 43.4 Å². The third-order valence-corrected chi connectivity index (χ3v) is 7.13. The van der Waals surface area contributed by atoms with E-state index < -0.39 is 20.9 Å². The van der Waals surface area contributed by atoms with Gasteiger partial charge in [0, 0.05) is 5.41 Å². The molecule has 1 heterocycles. The molecule has 3 rings (SSSR count). The Labute approximate surface area is 110 Å². The normalized spacial score (nSPS) is 45.2. The first-order valence-electron chi connectivity index (χ1n) is 6.75. The average molecular weight is 270 g/mol. The molecule has 102 valence electrons. The molecule has 1 saturated heterocycles. The van der Waals surface area contributed by atoms with E-state index in [9.17, 15) is 8.42 Å². The molecule has 3 atom stereocenters. The Balaban J connectivity index is 2.04. The standard InChI is InChI=1S/C14H22O3S/c1-12(2,3)17-11-14-7-5-4-6-13(14,8-9-14)10-18(11,15)16/h4-5,11H,6-10H2,1-3H3/t11-,13+,14-/m1/s1. The van der Waals surface area contributed by atoms with Crippen LogP contribution in [0.15, 0.2) is 12.2 Å². The highest BCUT2D eigenvalue weighted by atomic mass is 32.2. The molecular weight excluding hydrogens is 248 g/mol. The van der Waals surface area contributed by atoms with E-state index in [0.29, 0.717) is 5.75 Å². The Morgan fingerprint density at radius 3 is 2.39 bits per heavy atom. The Hall–Kier alpha value is -0.350. The van der Waals surface area contributed by atoms with Crippen molar-refractivity contribution in [2.75, 3.05) is 5.75 Å². The van der Waals surface area contributed by atoms with E-state index in [2.05, 4.69) is 12.2 Å². The van der Waals surface area contributed by atoms with Gasteiger partial charge in [0.05, 0.1) is 11.4 Å². The lowest BCUT2D eigenvalue weighted by atomic mass is 9.46. The van der Waals surface area contributed by atoms with Gasteiger partial charge in [-0.1, -0.05) is 12.2 Å². The summed E-state index contributed by atoms with van der Waals surface area (Å²) in [5.41, 5.74) is -1.15. The van der Waals surface area contributed by atoms with E-state index in [-0.39, 0.29) is 10.8 Å². The lowest BCUT2D eigenvalue weighted by molar-refractivity contribution is -0.157. The van der Waals surface area contributed by atoms with Crippen molar-refractivity contribution >= 4 is 9.84 Å². The lowest BCUT2D eigenvalue weighted by Crippen LogP contribution is -2.56. The first kappa shape index (κ1) is 12.7. The summed E-state index contributed by atoms with van der Waals surface area (Å²) in [7, 11) is -3.12. The average Bonchev–Trinajstić information content (AvgIpc) is 2.33. The summed E-state index contributed by atoms with van der Waals surface area (Å²) in [4.78, 5) is 0. The van der Waals surface area contributed by atoms with Crippen molar-refractivity contribution in [1.82, 2.24) is 0 Å². The number of sulfone groups is 1. The monoisotopic (exact) mass is 270 g/mol. The van der Waals surface area contributed by atoms with E-state index in [0.717, 1.165) is 25.7 Å². The van der Waals surface area contributed by atoms with E-state index in [1.807, 2.05) is 20.8 Å². The Morgan fingerprint density at radius 2 is 1.83 bits per heavy atom. The second-order valence-electron chi connectivity index (χ2n) is 7.19. The predicted molar refractivity (Wildman–Crippen MR) is 70.9 cm³/mol. The van der Waals surface area contributed by atoms with Crippen molar-refractivity contribution < 1.29 is 13.2 Å². The van der Waals surface area contributed by atoms with Crippen molar-refractivity contribution in [3.05, 3.63) is 12.2 Å². The van der Waals surface area contributed by atoms with Gasteiger partial charge in [0.2, 0.25) is 0 Å². The maximum Gasteiger partial charge on any atom is 0.178 e.